The minimum Gasteiger partial charge on any atom is -0.354 e. The fraction of sp³-hybridized carbons (Fsp3) is 0.310. The number of carbonyl (C=O) groups is 2. The van der Waals surface area contributed by atoms with Crippen LogP contribution in [0, 0.1) is 0 Å². The Morgan fingerprint density at radius 3 is 2.17 bits per heavy atom. The molecule has 214 valence electrons. The first-order valence-electron chi connectivity index (χ1n) is 12.9. The van der Waals surface area contributed by atoms with Crippen molar-refractivity contribution < 1.29 is 18.0 Å². The van der Waals surface area contributed by atoms with E-state index >= 15 is 0 Å². The number of carbonyl (C=O) groups excluding carboxylic acids is 2. The van der Waals surface area contributed by atoms with Gasteiger partial charge >= 0.3 is 0 Å². The topological polar surface area (TPSA) is 86.8 Å². The molecule has 0 saturated carbocycles. The number of hydrogen-bond donors (Lipinski definition) is 1. The van der Waals surface area contributed by atoms with Gasteiger partial charge in [0.25, 0.3) is 10.0 Å². The van der Waals surface area contributed by atoms with E-state index in [9.17, 15) is 18.0 Å². The van der Waals surface area contributed by atoms with Gasteiger partial charge in [0.1, 0.15) is 12.6 Å². The largest absolute Gasteiger partial charge is 0.354 e. The number of nitrogens with one attached hydrogen (secondary N) is 1. The molecule has 3 rings (SSSR count). The Morgan fingerprint density at radius 2 is 1.52 bits per heavy atom. The molecule has 0 bridgehead atoms. The molecule has 3 aromatic rings. The first-order valence-corrected chi connectivity index (χ1v) is 15.5. The molecule has 0 aliphatic carbocycles. The number of sulfonamides is 1. The summed E-state index contributed by atoms with van der Waals surface area (Å²) in [6.45, 7) is 3.65. The van der Waals surface area contributed by atoms with Gasteiger partial charge in [0.15, 0.2) is 0 Å². The number of hydrogen-bond acceptors (Lipinski definition) is 4. The molecule has 0 saturated heterocycles. The molecular weight excluding hydrogens is 593 g/mol. The van der Waals surface area contributed by atoms with E-state index in [4.69, 9.17) is 34.8 Å². The van der Waals surface area contributed by atoms with E-state index in [1.165, 1.54) is 29.2 Å². The lowest BCUT2D eigenvalue weighted by Crippen LogP contribution is -2.52. The predicted octanol–water partition coefficient (Wildman–Crippen LogP) is 6.57. The highest BCUT2D eigenvalue weighted by Crippen LogP contribution is 2.35. The Kier molecular flexibility index (Phi) is 11.7. The maximum Gasteiger partial charge on any atom is 0.264 e. The van der Waals surface area contributed by atoms with Crippen LogP contribution < -0.4 is 9.62 Å². The number of anilines is 1. The van der Waals surface area contributed by atoms with E-state index in [0.29, 0.717) is 23.6 Å². The van der Waals surface area contributed by atoms with Crippen LogP contribution in [0.2, 0.25) is 15.1 Å². The van der Waals surface area contributed by atoms with Crippen molar-refractivity contribution in [2.24, 2.45) is 0 Å². The van der Waals surface area contributed by atoms with Crippen molar-refractivity contribution in [3.8, 4) is 0 Å². The van der Waals surface area contributed by atoms with Gasteiger partial charge in [0, 0.05) is 18.1 Å². The molecule has 0 radical (unpaired) electrons. The number of unbranched alkanes of at least 4 members (excludes halogenated alkanes) is 1. The predicted molar refractivity (Wildman–Crippen MR) is 161 cm³/mol. The monoisotopic (exact) mass is 623 g/mol. The molecule has 1 atom stereocenters. The van der Waals surface area contributed by atoms with Crippen LogP contribution in [0.4, 0.5) is 5.69 Å². The van der Waals surface area contributed by atoms with Gasteiger partial charge in [-0.15, -0.1) is 0 Å². The van der Waals surface area contributed by atoms with Gasteiger partial charge in [0.05, 0.1) is 20.6 Å². The summed E-state index contributed by atoms with van der Waals surface area (Å²) < 4.78 is 28.7. The SMILES string of the molecule is CCCCNC(=O)[C@@H](CC)N(Cc1ccccc1Cl)C(=O)CN(c1cccc(Cl)c1Cl)S(=O)(=O)c1ccccc1. The third kappa shape index (κ3) is 7.69. The van der Waals surface area contributed by atoms with Gasteiger partial charge < -0.3 is 10.2 Å². The minimum absolute atomic E-state index is 0.000708. The highest BCUT2D eigenvalue weighted by atomic mass is 35.5. The summed E-state index contributed by atoms with van der Waals surface area (Å²) in [6.07, 6.45) is 1.99. The zero-order valence-corrected chi connectivity index (χ0v) is 25.4. The summed E-state index contributed by atoms with van der Waals surface area (Å²) in [5.74, 6) is -0.928. The van der Waals surface area contributed by atoms with Gasteiger partial charge in [-0.05, 0) is 48.7 Å². The van der Waals surface area contributed by atoms with Crippen LogP contribution in [0.5, 0.6) is 0 Å². The molecule has 0 spiro atoms. The molecule has 0 heterocycles. The molecular formula is C29H32Cl3N3O4S. The van der Waals surface area contributed by atoms with Gasteiger partial charge in [-0.1, -0.05) is 97.5 Å². The van der Waals surface area contributed by atoms with Crippen molar-refractivity contribution in [3.05, 3.63) is 93.4 Å². The van der Waals surface area contributed by atoms with Crippen molar-refractivity contribution in [3.63, 3.8) is 0 Å². The van der Waals surface area contributed by atoms with E-state index < -0.39 is 28.5 Å². The van der Waals surface area contributed by atoms with E-state index in [-0.39, 0.29) is 33.1 Å². The zero-order valence-electron chi connectivity index (χ0n) is 22.3. The summed E-state index contributed by atoms with van der Waals surface area (Å²) in [4.78, 5) is 28.6. The Hall–Kier alpha value is -2.78. The maximum absolute atomic E-state index is 14.1. The summed E-state index contributed by atoms with van der Waals surface area (Å²) >= 11 is 19.1. The van der Waals surface area contributed by atoms with Crippen LogP contribution in [-0.2, 0) is 26.2 Å². The third-order valence-corrected chi connectivity index (χ3v) is 9.28. The van der Waals surface area contributed by atoms with Gasteiger partial charge in [-0.25, -0.2) is 8.42 Å². The summed E-state index contributed by atoms with van der Waals surface area (Å²) in [6, 6.07) is 18.4. The van der Waals surface area contributed by atoms with Crippen molar-refractivity contribution >= 4 is 62.3 Å². The zero-order chi connectivity index (χ0) is 29.3. The lowest BCUT2D eigenvalue weighted by atomic mass is 10.1. The molecule has 1 N–H and O–H groups in total. The van der Waals surface area contributed by atoms with Crippen molar-refractivity contribution in [2.45, 2.75) is 50.6 Å². The Morgan fingerprint density at radius 1 is 0.875 bits per heavy atom. The van der Waals surface area contributed by atoms with E-state index in [1.54, 1.807) is 55.5 Å². The fourth-order valence-electron chi connectivity index (χ4n) is 4.15. The van der Waals surface area contributed by atoms with Crippen LogP contribution in [0.3, 0.4) is 0 Å². The normalized spacial score (nSPS) is 12.0. The third-order valence-electron chi connectivity index (χ3n) is 6.32. The second-order valence-corrected chi connectivity index (χ2v) is 12.1. The minimum atomic E-state index is -4.26. The average molecular weight is 625 g/mol. The highest BCUT2D eigenvalue weighted by Gasteiger charge is 2.34. The number of halogens is 3. The number of amides is 2. The molecule has 0 fully saturated rings. The van der Waals surface area contributed by atoms with Gasteiger partial charge in [-0.3, -0.25) is 13.9 Å². The lowest BCUT2D eigenvalue weighted by molar-refractivity contribution is -0.140. The van der Waals surface area contributed by atoms with Crippen molar-refractivity contribution in [2.75, 3.05) is 17.4 Å². The molecule has 0 aliphatic heterocycles. The van der Waals surface area contributed by atoms with Gasteiger partial charge in [0.2, 0.25) is 11.8 Å². The van der Waals surface area contributed by atoms with E-state index in [1.807, 2.05) is 6.92 Å². The summed E-state index contributed by atoms with van der Waals surface area (Å²) in [5, 5.41) is 3.43. The smallest absolute Gasteiger partial charge is 0.264 e. The standard InChI is InChI=1S/C29H32Cl3N3O4S/c1-3-5-18-33-29(37)25(4-2)34(19-21-12-9-10-15-23(21)30)27(36)20-35(26-17-11-16-24(31)28(26)32)40(38,39)22-13-7-6-8-14-22/h6-17,25H,3-5,18-20H2,1-2H3,(H,33,37)/t25-/m1/s1. The van der Waals surface area contributed by atoms with Crippen LogP contribution in [0.1, 0.15) is 38.7 Å². The number of nitrogens with zero attached hydrogens (tertiary/aromatic N) is 2. The van der Waals surface area contributed by atoms with E-state index in [2.05, 4.69) is 5.32 Å². The van der Waals surface area contributed by atoms with Crippen molar-refractivity contribution in [1.82, 2.24) is 10.2 Å². The summed E-state index contributed by atoms with van der Waals surface area (Å²) in [7, 11) is -4.26. The lowest BCUT2D eigenvalue weighted by Gasteiger charge is -2.33. The average Bonchev–Trinajstić information content (AvgIpc) is 2.94. The molecule has 3 aromatic carbocycles. The van der Waals surface area contributed by atoms with E-state index in [0.717, 1.165) is 17.1 Å². The van der Waals surface area contributed by atoms with Crippen molar-refractivity contribution in [1.29, 1.82) is 0 Å². The maximum atomic E-state index is 14.1. The first kappa shape index (κ1) is 31.7. The molecule has 40 heavy (non-hydrogen) atoms. The Bertz CT molecular complexity index is 1420. The Balaban J connectivity index is 2.08. The molecule has 11 heteroatoms. The second kappa shape index (κ2) is 14.7. The van der Waals surface area contributed by atoms with Crippen LogP contribution >= 0.6 is 34.8 Å². The number of rotatable bonds is 13. The van der Waals surface area contributed by atoms with Crippen LogP contribution in [0.15, 0.2) is 77.7 Å². The molecule has 0 aromatic heterocycles. The first-order chi connectivity index (χ1) is 19.1. The summed E-state index contributed by atoms with van der Waals surface area (Å²) in [5.41, 5.74) is 0.667. The van der Waals surface area contributed by atoms with Crippen LogP contribution in [-0.4, -0.2) is 44.3 Å². The Labute approximate surface area is 251 Å². The van der Waals surface area contributed by atoms with Crippen LogP contribution in [0.25, 0.3) is 0 Å². The fourth-order valence-corrected chi connectivity index (χ4v) is 6.24. The quantitative estimate of drug-likeness (QED) is 0.218. The molecule has 7 nitrogen and oxygen atoms in total. The molecule has 0 unspecified atom stereocenters. The highest BCUT2D eigenvalue weighted by molar-refractivity contribution is 7.92. The molecule has 0 aliphatic rings. The van der Waals surface area contributed by atoms with Gasteiger partial charge in [-0.2, -0.15) is 0 Å². The molecule has 2 amide bonds. The second-order valence-electron chi connectivity index (χ2n) is 9.08. The number of benzene rings is 3.